The average molecular weight is 548 g/mol. The van der Waals surface area contributed by atoms with E-state index >= 15 is 0 Å². The molecule has 0 aliphatic heterocycles. The van der Waals surface area contributed by atoms with Gasteiger partial charge in [-0.25, -0.2) is 19.3 Å². The molecule has 198 valence electrons. The van der Waals surface area contributed by atoms with E-state index in [1.165, 1.54) is 0 Å². The van der Waals surface area contributed by atoms with E-state index < -0.39 is 64.6 Å². The molecule has 0 saturated carbocycles. The Morgan fingerprint density at radius 1 is 0.763 bits per heavy atom. The maximum Gasteiger partial charge on any atom is 0.433 e. The number of alkyl halides is 9. The van der Waals surface area contributed by atoms with Crippen LogP contribution in [0.2, 0.25) is 0 Å². The minimum atomic E-state index is -4.95. The van der Waals surface area contributed by atoms with Crippen molar-refractivity contribution in [2.75, 3.05) is 5.32 Å². The zero-order valence-electron chi connectivity index (χ0n) is 18.1. The number of anilines is 2. The number of halogens is 9. The number of aromatic nitrogens is 7. The number of nitrogens with zero attached hydrogens (tertiary/aromatic N) is 7. The molecule has 4 rings (SSSR count). The van der Waals surface area contributed by atoms with Crippen LogP contribution in [0, 0.1) is 0 Å². The molecule has 0 aromatic carbocycles. The molecule has 4 aromatic rings. The van der Waals surface area contributed by atoms with Gasteiger partial charge in [0.15, 0.2) is 5.82 Å². The molecule has 0 atom stereocenters. The Balaban J connectivity index is 1.89. The molecule has 0 spiro atoms. The van der Waals surface area contributed by atoms with Crippen LogP contribution in [-0.4, -0.2) is 34.5 Å². The lowest BCUT2D eigenvalue weighted by atomic mass is 10.3. The molecule has 18 heteroatoms. The van der Waals surface area contributed by atoms with E-state index in [-0.39, 0.29) is 22.6 Å². The van der Waals surface area contributed by atoms with E-state index in [9.17, 15) is 44.3 Å². The maximum absolute atomic E-state index is 13.2. The molecule has 0 unspecified atom stereocenters. The summed E-state index contributed by atoms with van der Waals surface area (Å²) >= 11 is 0. The van der Waals surface area contributed by atoms with Gasteiger partial charge in [0.2, 0.25) is 11.9 Å². The first-order valence-corrected chi connectivity index (χ1v) is 9.88. The molecule has 0 aliphatic rings. The van der Waals surface area contributed by atoms with Crippen LogP contribution in [0.15, 0.2) is 53.7 Å². The highest BCUT2D eigenvalue weighted by atomic mass is 19.4. The third-order valence-electron chi connectivity index (χ3n) is 4.53. The van der Waals surface area contributed by atoms with Gasteiger partial charge in [0.1, 0.15) is 17.1 Å². The second-order valence-electron chi connectivity index (χ2n) is 7.23. The predicted molar refractivity (Wildman–Crippen MR) is 109 cm³/mol. The SMILES string of the molecule is O=c1ncc(C(F)(F)F)cn1-c1nc(Nc2ccnc(C(F)(F)F)c2)nc(-c2cccc(C(F)(F)F)n2)n1. The Kier molecular flexibility index (Phi) is 6.50. The fourth-order valence-electron chi connectivity index (χ4n) is 2.86. The van der Waals surface area contributed by atoms with Crippen molar-refractivity contribution in [1.82, 2.24) is 34.5 Å². The van der Waals surface area contributed by atoms with Gasteiger partial charge in [0.25, 0.3) is 0 Å². The third-order valence-corrected chi connectivity index (χ3v) is 4.53. The van der Waals surface area contributed by atoms with Gasteiger partial charge in [-0.1, -0.05) is 6.07 Å². The van der Waals surface area contributed by atoms with Gasteiger partial charge < -0.3 is 5.32 Å². The maximum atomic E-state index is 13.2. The summed E-state index contributed by atoms with van der Waals surface area (Å²) in [6, 6.07) is 4.20. The van der Waals surface area contributed by atoms with Crippen LogP contribution in [0.1, 0.15) is 17.0 Å². The highest BCUT2D eigenvalue weighted by molar-refractivity contribution is 5.58. The van der Waals surface area contributed by atoms with Gasteiger partial charge >= 0.3 is 24.2 Å². The summed E-state index contributed by atoms with van der Waals surface area (Å²) in [4.78, 5) is 33.2. The smallest absolute Gasteiger partial charge is 0.324 e. The molecule has 0 fully saturated rings. The van der Waals surface area contributed by atoms with E-state index in [2.05, 4.69) is 35.2 Å². The number of hydrogen-bond donors (Lipinski definition) is 1. The van der Waals surface area contributed by atoms with Gasteiger partial charge in [-0.05, 0) is 24.3 Å². The normalized spacial score (nSPS) is 12.4. The fourth-order valence-corrected chi connectivity index (χ4v) is 2.86. The van der Waals surface area contributed by atoms with Crippen LogP contribution in [0.5, 0.6) is 0 Å². The largest absolute Gasteiger partial charge is 0.433 e. The number of hydrogen-bond acceptors (Lipinski definition) is 8. The van der Waals surface area contributed by atoms with Crippen LogP contribution in [0.3, 0.4) is 0 Å². The quantitative estimate of drug-likeness (QED) is 0.367. The van der Waals surface area contributed by atoms with E-state index in [1.54, 1.807) is 0 Å². The summed E-state index contributed by atoms with van der Waals surface area (Å²) in [6.45, 7) is 0. The first kappa shape index (κ1) is 26.4. The van der Waals surface area contributed by atoms with Crippen LogP contribution in [0.4, 0.5) is 51.1 Å². The highest BCUT2D eigenvalue weighted by Crippen LogP contribution is 2.31. The van der Waals surface area contributed by atoms with Gasteiger partial charge in [0, 0.05) is 24.3 Å². The first-order chi connectivity index (χ1) is 17.6. The van der Waals surface area contributed by atoms with Crippen LogP contribution in [0.25, 0.3) is 17.5 Å². The Morgan fingerprint density at radius 2 is 1.47 bits per heavy atom. The Hall–Kier alpha value is -4.64. The van der Waals surface area contributed by atoms with Crippen molar-refractivity contribution in [2.45, 2.75) is 18.5 Å². The van der Waals surface area contributed by atoms with E-state index in [4.69, 9.17) is 0 Å². The second-order valence-corrected chi connectivity index (χ2v) is 7.23. The average Bonchev–Trinajstić information content (AvgIpc) is 2.82. The first-order valence-electron chi connectivity index (χ1n) is 9.88. The van der Waals surface area contributed by atoms with E-state index in [0.717, 1.165) is 24.4 Å². The molecular formula is C20H9F9N8O. The van der Waals surface area contributed by atoms with Gasteiger partial charge in [0.05, 0.1) is 5.56 Å². The highest BCUT2D eigenvalue weighted by Gasteiger charge is 2.34. The van der Waals surface area contributed by atoms with Gasteiger partial charge in [-0.2, -0.15) is 54.5 Å². The van der Waals surface area contributed by atoms with E-state index in [1.807, 2.05) is 0 Å². The molecule has 0 radical (unpaired) electrons. The summed E-state index contributed by atoms with van der Waals surface area (Å²) in [5.74, 6) is -2.14. The van der Waals surface area contributed by atoms with Gasteiger partial charge in [-0.15, -0.1) is 0 Å². The van der Waals surface area contributed by atoms with Crippen molar-refractivity contribution in [3.05, 3.63) is 76.4 Å². The summed E-state index contributed by atoms with van der Waals surface area (Å²) in [5, 5.41) is 2.34. The van der Waals surface area contributed by atoms with Crippen LogP contribution >= 0.6 is 0 Å². The lowest BCUT2D eigenvalue weighted by Crippen LogP contribution is -2.25. The zero-order chi connectivity index (χ0) is 27.9. The van der Waals surface area contributed by atoms with Crippen LogP contribution in [-0.2, 0) is 18.5 Å². The van der Waals surface area contributed by atoms with E-state index in [0.29, 0.717) is 12.1 Å². The molecule has 4 heterocycles. The minimum absolute atomic E-state index is 0.237. The topological polar surface area (TPSA) is 111 Å². The fraction of sp³-hybridized carbons (Fsp3) is 0.150. The minimum Gasteiger partial charge on any atom is -0.324 e. The Bertz CT molecular complexity index is 1550. The van der Waals surface area contributed by atoms with Gasteiger partial charge in [-0.3, -0.25) is 4.98 Å². The van der Waals surface area contributed by atoms with Crippen molar-refractivity contribution in [3.63, 3.8) is 0 Å². The molecule has 0 aliphatic carbocycles. The molecule has 0 bridgehead atoms. The van der Waals surface area contributed by atoms with Crippen molar-refractivity contribution in [1.29, 1.82) is 0 Å². The van der Waals surface area contributed by atoms with Crippen LogP contribution < -0.4 is 11.0 Å². The number of nitrogens with one attached hydrogen (secondary N) is 1. The number of rotatable bonds is 4. The Labute approximate surface area is 204 Å². The standard InChI is InChI=1S/C20H9F9N8O/c21-18(22,23)9-7-31-17(38)37(8-9)16-35-14(11-2-1-3-12(33-11)19(24,25)26)34-15(36-16)32-10-4-5-30-13(6-10)20(27,28)29/h1-8H,(H,30,32,34,35,36). The molecule has 38 heavy (non-hydrogen) atoms. The van der Waals surface area contributed by atoms with Crippen molar-refractivity contribution < 1.29 is 39.5 Å². The lowest BCUT2D eigenvalue weighted by Gasteiger charge is -2.13. The van der Waals surface area contributed by atoms with Crippen molar-refractivity contribution in [2.24, 2.45) is 0 Å². The summed E-state index contributed by atoms with van der Waals surface area (Å²) in [6.07, 6.45) is -13.4. The summed E-state index contributed by atoms with van der Waals surface area (Å²) in [7, 11) is 0. The molecular weight excluding hydrogens is 539 g/mol. The molecule has 0 amide bonds. The van der Waals surface area contributed by atoms with Crippen molar-refractivity contribution >= 4 is 11.6 Å². The zero-order valence-corrected chi connectivity index (χ0v) is 18.1. The molecule has 4 aromatic heterocycles. The monoisotopic (exact) mass is 548 g/mol. The summed E-state index contributed by atoms with van der Waals surface area (Å²) in [5.41, 5.74) is -6.23. The lowest BCUT2D eigenvalue weighted by molar-refractivity contribution is -0.141. The summed E-state index contributed by atoms with van der Waals surface area (Å²) < 4.78 is 118. The molecule has 0 saturated heterocycles. The van der Waals surface area contributed by atoms with Crippen molar-refractivity contribution in [3.8, 4) is 17.5 Å². The number of pyridine rings is 2. The molecule has 9 nitrogen and oxygen atoms in total. The predicted octanol–water partition coefficient (Wildman–Crippen LogP) is 4.67. The Morgan fingerprint density at radius 3 is 2.13 bits per heavy atom. The molecule has 1 N–H and O–H groups in total. The third kappa shape index (κ3) is 5.84. The second kappa shape index (κ2) is 9.34.